The van der Waals surface area contributed by atoms with Crippen LogP contribution in [-0.2, 0) is 21.4 Å². The summed E-state index contributed by atoms with van der Waals surface area (Å²) in [6.45, 7) is 5.12. The first-order valence-electron chi connectivity index (χ1n) is 10.2. The zero-order valence-corrected chi connectivity index (χ0v) is 18.9. The number of nitrogens with zero attached hydrogens (tertiary/aromatic N) is 2. The normalized spacial score (nSPS) is 15.7. The molecule has 1 aliphatic rings. The average molecular weight is 431 g/mol. The molecule has 0 aliphatic carbocycles. The van der Waals surface area contributed by atoms with Crippen molar-refractivity contribution in [2.24, 2.45) is 5.92 Å². The lowest BCUT2D eigenvalue weighted by Gasteiger charge is -2.32. The molecule has 1 fully saturated rings. The van der Waals surface area contributed by atoms with E-state index in [9.17, 15) is 13.2 Å². The second kappa shape index (κ2) is 9.18. The summed E-state index contributed by atoms with van der Waals surface area (Å²) in [6, 6.07) is 12.9. The van der Waals surface area contributed by atoms with Gasteiger partial charge in [-0.05, 0) is 67.6 Å². The number of sulfonamides is 1. The first kappa shape index (κ1) is 22.3. The van der Waals surface area contributed by atoms with Crippen LogP contribution >= 0.6 is 0 Å². The first-order chi connectivity index (χ1) is 14.2. The molecule has 2 aromatic rings. The van der Waals surface area contributed by atoms with E-state index in [0.29, 0.717) is 37.4 Å². The highest BCUT2D eigenvalue weighted by Crippen LogP contribution is 2.26. The van der Waals surface area contributed by atoms with Gasteiger partial charge in [0.15, 0.2) is 0 Å². The van der Waals surface area contributed by atoms with E-state index in [1.807, 2.05) is 44.2 Å². The zero-order chi connectivity index (χ0) is 21.9. The summed E-state index contributed by atoms with van der Waals surface area (Å²) >= 11 is 0. The average Bonchev–Trinajstić information content (AvgIpc) is 2.75. The molecule has 0 spiro atoms. The van der Waals surface area contributed by atoms with E-state index in [1.165, 1.54) is 4.31 Å². The molecule has 1 heterocycles. The van der Waals surface area contributed by atoms with Gasteiger partial charge in [0.05, 0.1) is 12.0 Å². The Balaban J connectivity index is 1.59. The maximum Gasteiger partial charge on any atom is 0.243 e. The first-order valence-corrected chi connectivity index (χ1v) is 11.6. The number of benzene rings is 2. The number of hydrogen-bond acceptors (Lipinski definition) is 4. The van der Waals surface area contributed by atoms with Crippen molar-refractivity contribution in [1.82, 2.24) is 9.21 Å². The number of rotatable bonds is 6. The monoisotopic (exact) mass is 430 g/mol. The van der Waals surface area contributed by atoms with Crippen LogP contribution in [0.1, 0.15) is 29.5 Å². The summed E-state index contributed by atoms with van der Waals surface area (Å²) in [5.74, 6) is 0.693. The van der Waals surface area contributed by atoms with Crippen molar-refractivity contribution in [2.75, 3.05) is 27.2 Å². The van der Waals surface area contributed by atoms with E-state index >= 15 is 0 Å². The van der Waals surface area contributed by atoms with E-state index in [4.69, 9.17) is 4.74 Å². The molecular weight excluding hydrogens is 400 g/mol. The Hall–Kier alpha value is -2.38. The summed E-state index contributed by atoms with van der Waals surface area (Å²) in [6.07, 6.45) is 1.08. The predicted molar refractivity (Wildman–Crippen MR) is 117 cm³/mol. The van der Waals surface area contributed by atoms with Gasteiger partial charge in [-0.15, -0.1) is 0 Å². The maximum absolute atomic E-state index is 13.0. The van der Waals surface area contributed by atoms with Gasteiger partial charge in [0.2, 0.25) is 15.9 Å². The fourth-order valence-electron chi connectivity index (χ4n) is 3.76. The van der Waals surface area contributed by atoms with Gasteiger partial charge < -0.3 is 9.64 Å². The second-order valence-electron chi connectivity index (χ2n) is 7.97. The smallest absolute Gasteiger partial charge is 0.243 e. The Morgan fingerprint density at radius 2 is 1.70 bits per heavy atom. The molecule has 30 heavy (non-hydrogen) atoms. The number of amides is 1. The van der Waals surface area contributed by atoms with E-state index in [2.05, 4.69) is 0 Å². The second-order valence-corrected chi connectivity index (χ2v) is 9.90. The number of piperidine rings is 1. The van der Waals surface area contributed by atoms with Crippen LogP contribution in [0.15, 0.2) is 47.4 Å². The Bertz CT molecular complexity index is 994. The molecule has 3 rings (SSSR count). The summed E-state index contributed by atoms with van der Waals surface area (Å²) in [4.78, 5) is 14.9. The van der Waals surface area contributed by atoms with Crippen molar-refractivity contribution in [1.29, 1.82) is 0 Å². The van der Waals surface area contributed by atoms with Crippen LogP contribution < -0.4 is 4.74 Å². The van der Waals surface area contributed by atoms with Gasteiger partial charge in [0.25, 0.3) is 0 Å². The van der Waals surface area contributed by atoms with Gasteiger partial charge in [-0.3, -0.25) is 4.79 Å². The highest BCUT2D eigenvalue weighted by molar-refractivity contribution is 7.89. The Morgan fingerprint density at radius 1 is 1.07 bits per heavy atom. The van der Waals surface area contributed by atoms with Gasteiger partial charge >= 0.3 is 0 Å². The Kier molecular flexibility index (Phi) is 6.83. The standard InChI is InChI=1S/C23H30N2O4S/c1-17-5-10-22(15-18(17)2)30(27,28)25-13-11-20(12-14-25)23(26)24(3)16-19-6-8-21(29-4)9-7-19/h5-10,15,20H,11-14,16H2,1-4H3. The van der Waals surface area contributed by atoms with Gasteiger partial charge in [-0.2, -0.15) is 4.31 Å². The summed E-state index contributed by atoms with van der Waals surface area (Å²) in [5, 5.41) is 0. The van der Waals surface area contributed by atoms with Gasteiger partial charge in [-0.1, -0.05) is 18.2 Å². The number of ether oxygens (including phenoxy) is 1. The minimum atomic E-state index is -3.53. The third-order valence-electron chi connectivity index (χ3n) is 5.87. The molecule has 0 saturated carbocycles. The molecule has 1 amide bonds. The molecule has 0 bridgehead atoms. The van der Waals surface area contributed by atoms with E-state index in [0.717, 1.165) is 22.4 Å². The molecule has 1 aliphatic heterocycles. The summed E-state index contributed by atoms with van der Waals surface area (Å²) in [7, 11) is -0.111. The largest absolute Gasteiger partial charge is 0.497 e. The topological polar surface area (TPSA) is 66.9 Å². The Labute approximate surface area is 179 Å². The summed E-state index contributed by atoms with van der Waals surface area (Å²) in [5.41, 5.74) is 3.06. The zero-order valence-electron chi connectivity index (χ0n) is 18.1. The molecule has 0 atom stereocenters. The number of carbonyl (C=O) groups is 1. The van der Waals surface area contributed by atoms with E-state index in [-0.39, 0.29) is 11.8 Å². The van der Waals surface area contributed by atoms with Gasteiger partial charge in [0.1, 0.15) is 5.75 Å². The molecular formula is C23H30N2O4S. The molecule has 0 radical (unpaired) electrons. The van der Waals surface area contributed by atoms with Crippen LogP contribution in [0.4, 0.5) is 0 Å². The molecule has 0 aromatic heterocycles. The van der Waals surface area contributed by atoms with Crippen LogP contribution in [0.2, 0.25) is 0 Å². The van der Waals surface area contributed by atoms with E-state index in [1.54, 1.807) is 31.2 Å². The minimum absolute atomic E-state index is 0.0639. The lowest BCUT2D eigenvalue weighted by atomic mass is 9.96. The van der Waals surface area contributed by atoms with Gasteiger partial charge in [0, 0.05) is 32.6 Å². The third kappa shape index (κ3) is 4.84. The molecule has 1 saturated heterocycles. The quantitative estimate of drug-likeness (QED) is 0.705. The number of methoxy groups -OCH3 is 1. The molecule has 2 aromatic carbocycles. The third-order valence-corrected chi connectivity index (χ3v) is 7.77. The van der Waals surface area contributed by atoms with Crippen LogP contribution in [0, 0.1) is 19.8 Å². The van der Waals surface area contributed by atoms with Crippen molar-refractivity contribution in [3.63, 3.8) is 0 Å². The fraction of sp³-hybridized carbons (Fsp3) is 0.435. The van der Waals surface area contributed by atoms with Crippen molar-refractivity contribution >= 4 is 15.9 Å². The highest BCUT2D eigenvalue weighted by Gasteiger charge is 2.33. The van der Waals surface area contributed by atoms with Crippen molar-refractivity contribution in [3.8, 4) is 5.75 Å². The fourth-order valence-corrected chi connectivity index (χ4v) is 5.32. The van der Waals surface area contributed by atoms with Gasteiger partial charge in [-0.25, -0.2) is 8.42 Å². The predicted octanol–water partition coefficient (Wildman–Crippen LogP) is 3.37. The SMILES string of the molecule is COc1ccc(CN(C)C(=O)C2CCN(S(=O)(=O)c3ccc(C)c(C)c3)CC2)cc1. The van der Waals surface area contributed by atoms with Crippen molar-refractivity contribution in [2.45, 2.75) is 38.1 Å². The van der Waals surface area contributed by atoms with Crippen LogP contribution in [0.5, 0.6) is 5.75 Å². The van der Waals surface area contributed by atoms with Crippen LogP contribution in [-0.4, -0.2) is 50.8 Å². The lowest BCUT2D eigenvalue weighted by Crippen LogP contribution is -2.43. The van der Waals surface area contributed by atoms with Crippen LogP contribution in [0.25, 0.3) is 0 Å². The van der Waals surface area contributed by atoms with Crippen LogP contribution in [0.3, 0.4) is 0 Å². The number of carbonyl (C=O) groups excluding carboxylic acids is 1. The minimum Gasteiger partial charge on any atom is -0.497 e. The highest BCUT2D eigenvalue weighted by atomic mass is 32.2. The molecule has 7 heteroatoms. The molecule has 162 valence electrons. The number of hydrogen-bond donors (Lipinski definition) is 0. The van der Waals surface area contributed by atoms with E-state index < -0.39 is 10.0 Å². The van der Waals surface area contributed by atoms with Crippen molar-refractivity contribution < 1.29 is 17.9 Å². The number of aryl methyl sites for hydroxylation is 2. The molecule has 0 unspecified atom stereocenters. The molecule has 0 N–H and O–H groups in total. The summed E-state index contributed by atoms with van der Waals surface area (Å²) < 4.78 is 32.6. The maximum atomic E-state index is 13.0. The van der Waals surface area contributed by atoms with Crippen molar-refractivity contribution in [3.05, 3.63) is 59.2 Å². The molecule has 6 nitrogen and oxygen atoms in total. The Morgan fingerprint density at radius 3 is 2.27 bits per heavy atom. The lowest BCUT2D eigenvalue weighted by molar-refractivity contribution is -0.135.